The van der Waals surface area contributed by atoms with Crippen LogP contribution < -0.4 is 4.90 Å². The summed E-state index contributed by atoms with van der Waals surface area (Å²) in [4.78, 5) is 22.6. The molecule has 23 heavy (non-hydrogen) atoms. The summed E-state index contributed by atoms with van der Waals surface area (Å²) in [5.74, 6) is 0.0871. The molecule has 0 aromatic carbocycles. The Labute approximate surface area is 143 Å². The molecular formula is C16H19N3O2S2. The van der Waals surface area contributed by atoms with Crippen LogP contribution in [-0.2, 0) is 4.74 Å². The van der Waals surface area contributed by atoms with Crippen LogP contribution in [0.25, 0.3) is 0 Å². The van der Waals surface area contributed by atoms with E-state index in [9.17, 15) is 4.79 Å². The second-order valence-corrected chi connectivity index (χ2v) is 7.60. The Bertz CT molecular complexity index is 665. The van der Waals surface area contributed by atoms with Crippen LogP contribution >= 0.6 is 22.7 Å². The number of hydrogen-bond donors (Lipinski definition) is 0. The average Bonchev–Trinajstić information content (AvgIpc) is 3.35. The zero-order valence-electron chi connectivity index (χ0n) is 12.8. The average molecular weight is 349 g/mol. The van der Waals surface area contributed by atoms with Gasteiger partial charge in [-0.3, -0.25) is 4.79 Å². The lowest BCUT2D eigenvalue weighted by molar-refractivity contribution is -0.00345. The van der Waals surface area contributed by atoms with Gasteiger partial charge in [0, 0.05) is 25.0 Å². The SMILES string of the molecule is O=C(c1cccs1)N1CCOCC1c1csc(N2CCCC2)n1. The van der Waals surface area contributed by atoms with Gasteiger partial charge in [0.1, 0.15) is 0 Å². The van der Waals surface area contributed by atoms with Gasteiger partial charge in [-0.05, 0) is 24.3 Å². The van der Waals surface area contributed by atoms with Crippen molar-refractivity contribution in [2.75, 3.05) is 37.7 Å². The molecule has 0 spiro atoms. The monoisotopic (exact) mass is 349 g/mol. The van der Waals surface area contributed by atoms with Gasteiger partial charge in [-0.2, -0.15) is 0 Å². The molecule has 2 aromatic rings. The van der Waals surface area contributed by atoms with Gasteiger partial charge in [0.05, 0.1) is 29.8 Å². The molecule has 0 bridgehead atoms. The number of anilines is 1. The molecule has 1 amide bonds. The highest BCUT2D eigenvalue weighted by Crippen LogP contribution is 2.32. The van der Waals surface area contributed by atoms with Crippen LogP contribution in [0.3, 0.4) is 0 Å². The maximum Gasteiger partial charge on any atom is 0.264 e. The van der Waals surface area contributed by atoms with Crippen LogP contribution in [0.1, 0.15) is 34.2 Å². The van der Waals surface area contributed by atoms with E-state index in [-0.39, 0.29) is 11.9 Å². The summed E-state index contributed by atoms with van der Waals surface area (Å²) in [7, 11) is 0. The van der Waals surface area contributed by atoms with Crippen molar-refractivity contribution in [3.05, 3.63) is 33.5 Å². The first-order valence-electron chi connectivity index (χ1n) is 7.95. The molecular weight excluding hydrogens is 330 g/mol. The summed E-state index contributed by atoms with van der Waals surface area (Å²) < 4.78 is 5.63. The molecule has 5 nitrogen and oxygen atoms in total. The van der Waals surface area contributed by atoms with Gasteiger partial charge in [-0.25, -0.2) is 4.98 Å². The zero-order chi connectivity index (χ0) is 15.6. The first-order chi connectivity index (χ1) is 11.3. The molecule has 0 aliphatic carbocycles. The lowest BCUT2D eigenvalue weighted by atomic mass is 10.1. The van der Waals surface area contributed by atoms with Crippen molar-refractivity contribution in [2.45, 2.75) is 18.9 Å². The van der Waals surface area contributed by atoms with Crippen LogP contribution in [0.4, 0.5) is 5.13 Å². The number of nitrogens with zero attached hydrogens (tertiary/aromatic N) is 3. The molecule has 0 radical (unpaired) electrons. The molecule has 2 saturated heterocycles. The summed E-state index contributed by atoms with van der Waals surface area (Å²) in [6.07, 6.45) is 2.48. The molecule has 0 N–H and O–H groups in total. The second kappa shape index (κ2) is 6.59. The molecule has 4 rings (SSSR count). The number of thiophene rings is 1. The number of ether oxygens (including phenoxy) is 1. The molecule has 7 heteroatoms. The number of carbonyl (C=O) groups is 1. The predicted octanol–water partition coefficient (Wildman–Crippen LogP) is 3.02. The molecule has 2 aliphatic rings. The van der Waals surface area contributed by atoms with Crippen molar-refractivity contribution in [1.82, 2.24) is 9.88 Å². The quantitative estimate of drug-likeness (QED) is 0.854. The van der Waals surface area contributed by atoms with Gasteiger partial charge in [0.25, 0.3) is 5.91 Å². The standard InChI is InChI=1S/C16H19N3O2S2/c20-15(14-4-3-9-22-14)19-7-8-21-10-13(19)12-11-23-16(17-12)18-5-1-2-6-18/h3-4,9,11,13H,1-2,5-8,10H2. The Morgan fingerprint density at radius 3 is 2.91 bits per heavy atom. The molecule has 1 atom stereocenters. The number of aromatic nitrogens is 1. The topological polar surface area (TPSA) is 45.7 Å². The van der Waals surface area contributed by atoms with E-state index < -0.39 is 0 Å². The van der Waals surface area contributed by atoms with Crippen molar-refractivity contribution in [1.29, 1.82) is 0 Å². The Balaban J connectivity index is 1.56. The van der Waals surface area contributed by atoms with E-state index in [0.717, 1.165) is 28.8 Å². The Morgan fingerprint density at radius 1 is 1.26 bits per heavy atom. The van der Waals surface area contributed by atoms with Crippen molar-refractivity contribution in [2.24, 2.45) is 0 Å². The van der Waals surface area contributed by atoms with Gasteiger partial charge in [-0.1, -0.05) is 6.07 Å². The van der Waals surface area contributed by atoms with E-state index in [1.54, 1.807) is 11.3 Å². The summed E-state index contributed by atoms with van der Waals surface area (Å²) >= 11 is 3.17. The van der Waals surface area contributed by atoms with Crippen LogP contribution in [0.2, 0.25) is 0 Å². The summed E-state index contributed by atoms with van der Waals surface area (Å²) in [6.45, 7) is 3.92. The molecule has 2 aliphatic heterocycles. The van der Waals surface area contributed by atoms with Crippen LogP contribution in [-0.4, -0.2) is 48.6 Å². The largest absolute Gasteiger partial charge is 0.377 e. The molecule has 1 unspecified atom stereocenters. The number of morpholine rings is 1. The predicted molar refractivity (Wildman–Crippen MR) is 92.5 cm³/mol. The summed E-state index contributed by atoms with van der Waals surface area (Å²) in [5.41, 5.74) is 0.960. The number of rotatable bonds is 3. The van der Waals surface area contributed by atoms with Crippen molar-refractivity contribution >= 4 is 33.7 Å². The van der Waals surface area contributed by atoms with E-state index in [1.807, 2.05) is 22.4 Å². The molecule has 0 saturated carbocycles. The van der Waals surface area contributed by atoms with E-state index in [4.69, 9.17) is 9.72 Å². The minimum absolute atomic E-state index is 0.0778. The number of thiazole rings is 1. The van der Waals surface area contributed by atoms with Gasteiger partial charge >= 0.3 is 0 Å². The van der Waals surface area contributed by atoms with Crippen molar-refractivity contribution < 1.29 is 9.53 Å². The molecule has 2 aromatic heterocycles. The van der Waals surface area contributed by atoms with E-state index in [2.05, 4.69) is 10.3 Å². The van der Waals surface area contributed by atoms with Gasteiger partial charge in [-0.15, -0.1) is 22.7 Å². The third kappa shape index (κ3) is 3.00. The fourth-order valence-electron chi connectivity index (χ4n) is 3.12. The third-order valence-corrected chi connectivity index (χ3v) is 6.13. The molecule has 2 fully saturated rings. The highest BCUT2D eigenvalue weighted by Gasteiger charge is 2.32. The number of carbonyl (C=O) groups excluding carboxylic acids is 1. The minimum Gasteiger partial charge on any atom is -0.377 e. The Morgan fingerprint density at radius 2 is 2.13 bits per heavy atom. The fraction of sp³-hybridized carbons (Fsp3) is 0.500. The lowest BCUT2D eigenvalue weighted by Gasteiger charge is -2.34. The van der Waals surface area contributed by atoms with Crippen molar-refractivity contribution in [3.8, 4) is 0 Å². The summed E-state index contributed by atoms with van der Waals surface area (Å²) in [5, 5.41) is 5.10. The maximum atomic E-state index is 12.8. The van der Waals surface area contributed by atoms with E-state index in [0.29, 0.717) is 19.8 Å². The Kier molecular flexibility index (Phi) is 4.33. The van der Waals surface area contributed by atoms with Crippen LogP contribution in [0.15, 0.2) is 22.9 Å². The number of amides is 1. The van der Waals surface area contributed by atoms with E-state index >= 15 is 0 Å². The molecule has 4 heterocycles. The smallest absolute Gasteiger partial charge is 0.264 e. The normalized spacial score (nSPS) is 21.8. The van der Waals surface area contributed by atoms with E-state index in [1.165, 1.54) is 24.2 Å². The zero-order valence-corrected chi connectivity index (χ0v) is 14.4. The van der Waals surface area contributed by atoms with Crippen LogP contribution in [0, 0.1) is 0 Å². The summed E-state index contributed by atoms with van der Waals surface area (Å²) in [6, 6.07) is 3.73. The fourth-order valence-corrected chi connectivity index (χ4v) is 4.72. The molecule has 122 valence electrons. The minimum atomic E-state index is -0.0778. The first kappa shape index (κ1) is 15.1. The van der Waals surface area contributed by atoms with Gasteiger partial charge < -0.3 is 14.5 Å². The van der Waals surface area contributed by atoms with Crippen LogP contribution in [0.5, 0.6) is 0 Å². The van der Waals surface area contributed by atoms with Gasteiger partial charge in [0.15, 0.2) is 5.13 Å². The maximum absolute atomic E-state index is 12.8. The highest BCUT2D eigenvalue weighted by atomic mass is 32.1. The first-order valence-corrected chi connectivity index (χ1v) is 9.71. The number of hydrogen-bond acceptors (Lipinski definition) is 6. The highest BCUT2D eigenvalue weighted by molar-refractivity contribution is 7.13. The van der Waals surface area contributed by atoms with Gasteiger partial charge in [0.2, 0.25) is 0 Å². The van der Waals surface area contributed by atoms with Crippen molar-refractivity contribution in [3.63, 3.8) is 0 Å². The second-order valence-electron chi connectivity index (χ2n) is 5.82. The lowest BCUT2D eigenvalue weighted by Crippen LogP contribution is -2.43. The third-order valence-electron chi connectivity index (χ3n) is 4.35. The Hall–Kier alpha value is -1.44.